The second kappa shape index (κ2) is 6.23. The van der Waals surface area contributed by atoms with Crippen molar-refractivity contribution in [1.82, 2.24) is 4.90 Å². The van der Waals surface area contributed by atoms with Gasteiger partial charge in [-0.15, -0.1) is 0 Å². The van der Waals surface area contributed by atoms with E-state index >= 15 is 0 Å². The Kier molecular flexibility index (Phi) is 4.38. The average Bonchev–Trinajstić information content (AvgIpc) is 2.46. The second-order valence-electron chi connectivity index (χ2n) is 4.64. The Morgan fingerprint density at radius 2 is 2.00 bits per heavy atom. The van der Waals surface area contributed by atoms with Gasteiger partial charge in [-0.2, -0.15) is 5.26 Å². The molecule has 3 nitrogen and oxygen atoms in total. The van der Waals surface area contributed by atoms with Crippen molar-refractivity contribution in [3.8, 4) is 6.07 Å². The van der Waals surface area contributed by atoms with Gasteiger partial charge in [-0.3, -0.25) is 0 Å². The van der Waals surface area contributed by atoms with Crippen molar-refractivity contribution in [2.24, 2.45) is 5.92 Å². The van der Waals surface area contributed by atoms with E-state index in [0.29, 0.717) is 5.92 Å². The fourth-order valence-electron chi connectivity index (χ4n) is 2.38. The zero-order valence-corrected chi connectivity index (χ0v) is 10.4. The lowest BCUT2D eigenvalue weighted by Crippen LogP contribution is -2.33. The molecule has 1 aliphatic rings. The van der Waals surface area contributed by atoms with Gasteiger partial charge in [0.25, 0.3) is 0 Å². The van der Waals surface area contributed by atoms with E-state index in [1.807, 2.05) is 30.3 Å². The summed E-state index contributed by atoms with van der Waals surface area (Å²) in [5.41, 5.74) is 2.08. The minimum Gasteiger partial charge on any atom is -0.396 e. The fraction of sp³-hybridized carbons (Fsp3) is 0.400. The molecule has 18 heavy (non-hydrogen) atoms. The number of hydrogen-bond donors (Lipinski definition) is 1. The third-order valence-electron chi connectivity index (χ3n) is 3.48. The minimum absolute atomic E-state index is 0.274. The largest absolute Gasteiger partial charge is 0.396 e. The molecule has 0 amide bonds. The Morgan fingerprint density at radius 1 is 1.33 bits per heavy atom. The van der Waals surface area contributed by atoms with Crippen molar-refractivity contribution in [3.05, 3.63) is 42.0 Å². The number of aliphatic hydroxyl groups excluding tert-OH is 1. The van der Waals surface area contributed by atoms with Gasteiger partial charge in [0.15, 0.2) is 0 Å². The van der Waals surface area contributed by atoms with Crippen LogP contribution in [-0.2, 0) is 0 Å². The Balaban J connectivity index is 2.14. The van der Waals surface area contributed by atoms with Gasteiger partial charge < -0.3 is 10.0 Å². The van der Waals surface area contributed by atoms with Gasteiger partial charge in [-0.25, -0.2) is 0 Å². The summed E-state index contributed by atoms with van der Waals surface area (Å²) in [6, 6.07) is 12.1. The first-order valence-corrected chi connectivity index (χ1v) is 6.36. The number of rotatable bonds is 3. The second-order valence-corrected chi connectivity index (χ2v) is 4.64. The van der Waals surface area contributed by atoms with Crippen molar-refractivity contribution in [3.63, 3.8) is 0 Å². The van der Waals surface area contributed by atoms with Crippen LogP contribution in [0, 0.1) is 17.2 Å². The molecule has 2 rings (SSSR count). The van der Waals surface area contributed by atoms with Crippen LogP contribution < -0.4 is 0 Å². The number of allylic oxidation sites excluding steroid dienone is 1. The molecule has 0 radical (unpaired) electrons. The zero-order valence-electron chi connectivity index (χ0n) is 10.4. The quantitative estimate of drug-likeness (QED) is 0.827. The van der Waals surface area contributed by atoms with E-state index in [0.717, 1.165) is 37.2 Å². The Labute approximate surface area is 108 Å². The maximum Gasteiger partial charge on any atom is 0.0934 e. The highest BCUT2D eigenvalue weighted by Gasteiger charge is 2.20. The molecule has 0 aliphatic carbocycles. The van der Waals surface area contributed by atoms with Gasteiger partial charge >= 0.3 is 0 Å². The van der Waals surface area contributed by atoms with Crippen molar-refractivity contribution < 1.29 is 5.11 Å². The van der Waals surface area contributed by atoms with E-state index < -0.39 is 0 Å². The van der Waals surface area contributed by atoms with Crippen molar-refractivity contribution in [2.75, 3.05) is 19.7 Å². The highest BCUT2D eigenvalue weighted by Crippen LogP contribution is 2.25. The van der Waals surface area contributed by atoms with Gasteiger partial charge in [-0.1, -0.05) is 30.3 Å². The molecular formula is C15H18N2O. The van der Waals surface area contributed by atoms with Crippen molar-refractivity contribution in [2.45, 2.75) is 12.8 Å². The van der Waals surface area contributed by atoms with Gasteiger partial charge in [0, 0.05) is 25.8 Å². The predicted octanol–water partition coefficient (Wildman–Crippen LogP) is 2.26. The van der Waals surface area contributed by atoms with Crippen molar-refractivity contribution >= 4 is 5.70 Å². The molecule has 0 aromatic heterocycles. The Bertz CT molecular complexity index is 439. The summed E-state index contributed by atoms with van der Waals surface area (Å²) in [5.74, 6) is 0.417. The van der Waals surface area contributed by atoms with Crippen LogP contribution in [-0.4, -0.2) is 29.7 Å². The summed E-state index contributed by atoms with van der Waals surface area (Å²) in [4.78, 5) is 2.24. The zero-order chi connectivity index (χ0) is 12.8. The first-order valence-electron chi connectivity index (χ1n) is 6.36. The minimum atomic E-state index is 0.274. The highest BCUT2D eigenvalue weighted by molar-refractivity contribution is 5.66. The standard InChI is InChI=1S/C15H18N2O/c16-9-6-15(14-4-2-1-3-5-14)17-10-7-13(12-18)8-11-17/h1-6,13,18H,7-8,10-12H2/b15-6+. The Hall–Kier alpha value is -1.79. The van der Waals surface area contributed by atoms with Crippen LogP contribution in [0.25, 0.3) is 5.70 Å². The summed E-state index contributed by atoms with van der Waals surface area (Å²) < 4.78 is 0. The third kappa shape index (κ3) is 2.91. The highest BCUT2D eigenvalue weighted by atomic mass is 16.3. The lowest BCUT2D eigenvalue weighted by molar-refractivity contribution is 0.162. The number of nitrogens with zero attached hydrogens (tertiary/aromatic N) is 2. The van der Waals surface area contributed by atoms with E-state index in [2.05, 4.69) is 11.0 Å². The van der Waals surface area contributed by atoms with Crippen molar-refractivity contribution in [1.29, 1.82) is 5.26 Å². The summed E-state index contributed by atoms with van der Waals surface area (Å²) in [5, 5.41) is 18.1. The van der Waals surface area contributed by atoms with E-state index in [1.165, 1.54) is 0 Å². The molecule has 1 N–H and O–H groups in total. The summed E-state index contributed by atoms with van der Waals surface area (Å²) in [7, 11) is 0. The van der Waals surface area contributed by atoms with Gasteiger partial charge in [0.1, 0.15) is 0 Å². The van der Waals surface area contributed by atoms with Gasteiger partial charge in [0.2, 0.25) is 0 Å². The summed E-state index contributed by atoms with van der Waals surface area (Å²) in [6.45, 7) is 2.09. The predicted molar refractivity (Wildman–Crippen MR) is 71.4 cm³/mol. The third-order valence-corrected chi connectivity index (χ3v) is 3.48. The molecule has 0 atom stereocenters. The van der Waals surface area contributed by atoms with Gasteiger partial charge in [-0.05, 0) is 24.3 Å². The summed E-state index contributed by atoms with van der Waals surface area (Å²) in [6.07, 6.45) is 3.60. The molecule has 1 saturated heterocycles. The molecule has 0 bridgehead atoms. The number of benzene rings is 1. The van der Waals surface area contributed by atoms with E-state index in [4.69, 9.17) is 10.4 Å². The molecule has 1 aromatic rings. The lowest BCUT2D eigenvalue weighted by Gasteiger charge is -2.34. The molecule has 1 aliphatic heterocycles. The molecule has 1 fully saturated rings. The summed E-state index contributed by atoms with van der Waals surface area (Å²) >= 11 is 0. The van der Waals surface area contributed by atoms with Crippen LogP contribution in [0.1, 0.15) is 18.4 Å². The number of likely N-dealkylation sites (tertiary alicyclic amines) is 1. The SMILES string of the molecule is N#C/C=C(\c1ccccc1)N1CCC(CO)CC1. The number of nitriles is 1. The first-order chi connectivity index (χ1) is 8.85. The van der Waals surface area contributed by atoms with Crippen LogP contribution in [0.5, 0.6) is 0 Å². The fourth-order valence-corrected chi connectivity index (χ4v) is 2.38. The van der Waals surface area contributed by atoms with E-state index in [9.17, 15) is 0 Å². The number of piperidine rings is 1. The van der Waals surface area contributed by atoms with Crippen LogP contribution in [0.4, 0.5) is 0 Å². The molecule has 94 valence electrons. The number of hydrogen-bond acceptors (Lipinski definition) is 3. The molecule has 1 aromatic carbocycles. The molecular weight excluding hydrogens is 224 g/mol. The van der Waals surface area contributed by atoms with E-state index in [-0.39, 0.29) is 6.61 Å². The smallest absolute Gasteiger partial charge is 0.0934 e. The van der Waals surface area contributed by atoms with Crippen LogP contribution >= 0.6 is 0 Å². The lowest BCUT2D eigenvalue weighted by atomic mass is 9.96. The molecule has 0 spiro atoms. The van der Waals surface area contributed by atoms with Crippen LogP contribution in [0.2, 0.25) is 0 Å². The number of aliphatic hydroxyl groups is 1. The monoisotopic (exact) mass is 242 g/mol. The van der Waals surface area contributed by atoms with Gasteiger partial charge in [0.05, 0.1) is 11.8 Å². The van der Waals surface area contributed by atoms with Crippen LogP contribution in [0.3, 0.4) is 0 Å². The normalized spacial score (nSPS) is 17.6. The molecule has 3 heteroatoms. The molecule has 1 heterocycles. The first kappa shape index (κ1) is 12.7. The topological polar surface area (TPSA) is 47.3 Å². The molecule has 0 unspecified atom stereocenters. The van der Waals surface area contributed by atoms with Crippen LogP contribution in [0.15, 0.2) is 36.4 Å². The average molecular weight is 242 g/mol. The maximum atomic E-state index is 9.15. The Morgan fingerprint density at radius 3 is 2.56 bits per heavy atom. The van der Waals surface area contributed by atoms with E-state index in [1.54, 1.807) is 6.08 Å². The maximum absolute atomic E-state index is 9.15. The molecule has 0 saturated carbocycles.